The van der Waals surface area contributed by atoms with E-state index in [1.165, 1.54) is 42.5 Å². The van der Waals surface area contributed by atoms with Crippen LogP contribution in [0.5, 0.6) is 0 Å². The van der Waals surface area contributed by atoms with E-state index in [1.807, 2.05) is 0 Å². The zero-order chi connectivity index (χ0) is 17.3. The highest BCUT2D eigenvalue weighted by Gasteiger charge is 2.15. The monoisotopic (exact) mass is 394 g/mol. The molecule has 2 aromatic carbocycles. The number of anilines is 2. The maximum absolute atomic E-state index is 12.2. The summed E-state index contributed by atoms with van der Waals surface area (Å²) in [7, 11) is -7.28. The zero-order valence-electron chi connectivity index (χ0n) is 11.7. The number of halogens is 2. The van der Waals surface area contributed by atoms with E-state index in [1.54, 1.807) is 0 Å². The van der Waals surface area contributed by atoms with E-state index >= 15 is 0 Å². The standard InChI is InChI=1S/C13H12Cl2N2O4S2/c1-22(18,19)17-13-7-4-10(8-12(13)15)16-23(20,21)11-5-2-9(14)3-6-11/h2-8,16-17H,1H3. The molecule has 0 amide bonds. The molecular formula is C13H12Cl2N2O4S2. The summed E-state index contributed by atoms with van der Waals surface area (Å²) in [4.78, 5) is 0.0383. The van der Waals surface area contributed by atoms with Crippen molar-refractivity contribution in [2.75, 3.05) is 15.7 Å². The lowest BCUT2D eigenvalue weighted by Crippen LogP contribution is -2.13. The average Bonchev–Trinajstić information content (AvgIpc) is 2.41. The third-order valence-corrected chi connectivity index (χ3v) is 5.19. The molecule has 0 aromatic heterocycles. The van der Waals surface area contributed by atoms with E-state index in [9.17, 15) is 16.8 Å². The summed E-state index contributed by atoms with van der Waals surface area (Å²) >= 11 is 11.7. The Kier molecular flexibility index (Phi) is 5.10. The Balaban J connectivity index is 2.26. The van der Waals surface area contributed by atoms with Crippen LogP contribution in [-0.4, -0.2) is 23.1 Å². The van der Waals surface area contributed by atoms with Crippen molar-refractivity contribution in [3.05, 3.63) is 52.5 Å². The van der Waals surface area contributed by atoms with Crippen LogP contribution in [-0.2, 0) is 20.0 Å². The van der Waals surface area contributed by atoms with Gasteiger partial charge in [-0.1, -0.05) is 23.2 Å². The molecular weight excluding hydrogens is 383 g/mol. The molecule has 0 atom stereocenters. The lowest BCUT2D eigenvalue weighted by atomic mass is 10.3. The Morgan fingerprint density at radius 1 is 0.870 bits per heavy atom. The third kappa shape index (κ3) is 5.00. The molecule has 10 heteroatoms. The van der Waals surface area contributed by atoms with E-state index < -0.39 is 20.0 Å². The van der Waals surface area contributed by atoms with E-state index in [-0.39, 0.29) is 21.3 Å². The minimum atomic E-state index is -3.80. The van der Waals surface area contributed by atoms with Gasteiger partial charge in [-0.15, -0.1) is 0 Å². The number of hydrogen-bond acceptors (Lipinski definition) is 4. The highest BCUT2D eigenvalue weighted by Crippen LogP contribution is 2.27. The minimum absolute atomic E-state index is 0.0383. The van der Waals surface area contributed by atoms with Crippen molar-refractivity contribution in [2.45, 2.75) is 4.90 Å². The fourth-order valence-electron chi connectivity index (χ4n) is 1.69. The molecule has 6 nitrogen and oxygen atoms in total. The van der Waals surface area contributed by atoms with Gasteiger partial charge in [-0.25, -0.2) is 16.8 Å². The van der Waals surface area contributed by atoms with Crippen LogP contribution < -0.4 is 9.44 Å². The Morgan fingerprint density at radius 3 is 2.00 bits per heavy atom. The van der Waals surface area contributed by atoms with Crippen LogP contribution in [0.4, 0.5) is 11.4 Å². The first kappa shape index (κ1) is 17.9. The van der Waals surface area contributed by atoms with Crippen LogP contribution in [0, 0.1) is 0 Å². The SMILES string of the molecule is CS(=O)(=O)Nc1ccc(NS(=O)(=O)c2ccc(Cl)cc2)cc1Cl. The highest BCUT2D eigenvalue weighted by atomic mass is 35.5. The van der Waals surface area contributed by atoms with Crippen molar-refractivity contribution in [3.8, 4) is 0 Å². The Labute approximate surface area is 144 Å². The van der Waals surface area contributed by atoms with Gasteiger partial charge >= 0.3 is 0 Å². The molecule has 0 fully saturated rings. The smallest absolute Gasteiger partial charge is 0.261 e. The Bertz CT molecular complexity index is 927. The van der Waals surface area contributed by atoms with Crippen molar-refractivity contribution in [1.29, 1.82) is 0 Å². The van der Waals surface area contributed by atoms with Gasteiger partial charge in [-0.05, 0) is 42.5 Å². The summed E-state index contributed by atoms with van der Waals surface area (Å²) in [5.41, 5.74) is 0.354. The number of benzene rings is 2. The molecule has 23 heavy (non-hydrogen) atoms. The Morgan fingerprint density at radius 2 is 1.48 bits per heavy atom. The Hall–Kier alpha value is -1.48. The van der Waals surface area contributed by atoms with Crippen LogP contribution in [0.3, 0.4) is 0 Å². The second-order valence-corrected chi connectivity index (χ2v) is 8.90. The normalized spacial score (nSPS) is 12.0. The summed E-state index contributed by atoms with van der Waals surface area (Å²) < 4.78 is 51.4. The molecule has 2 N–H and O–H groups in total. The van der Waals surface area contributed by atoms with Gasteiger partial charge in [0.25, 0.3) is 10.0 Å². The largest absolute Gasteiger partial charge is 0.282 e. The minimum Gasteiger partial charge on any atom is -0.282 e. The van der Waals surface area contributed by atoms with Crippen molar-refractivity contribution in [1.82, 2.24) is 0 Å². The number of nitrogens with one attached hydrogen (secondary N) is 2. The topological polar surface area (TPSA) is 92.3 Å². The second-order valence-electron chi connectivity index (χ2n) is 4.63. The van der Waals surface area contributed by atoms with E-state index in [0.29, 0.717) is 5.02 Å². The molecule has 2 rings (SSSR count). The molecule has 124 valence electrons. The zero-order valence-corrected chi connectivity index (χ0v) is 14.9. The molecule has 0 unspecified atom stereocenters. The van der Waals surface area contributed by atoms with Crippen LogP contribution in [0.25, 0.3) is 0 Å². The van der Waals surface area contributed by atoms with Crippen molar-refractivity contribution < 1.29 is 16.8 Å². The van der Waals surface area contributed by atoms with Crippen LogP contribution >= 0.6 is 23.2 Å². The van der Waals surface area contributed by atoms with Gasteiger partial charge in [0.2, 0.25) is 10.0 Å². The van der Waals surface area contributed by atoms with Gasteiger partial charge in [0.05, 0.1) is 27.5 Å². The lowest BCUT2D eigenvalue weighted by molar-refractivity contribution is 0.600. The number of rotatable bonds is 5. The summed E-state index contributed by atoms with van der Waals surface area (Å²) in [5, 5.41) is 0.481. The van der Waals surface area contributed by atoms with Gasteiger partial charge in [-0.2, -0.15) is 0 Å². The van der Waals surface area contributed by atoms with Gasteiger partial charge in [0.15, 0.2) is 0 Å². The molecule has 0 radical (unpaired) electrons. The van der Waals surface area contributed by atoms with E-state index in [0.717, 1.165) is 6.26 Å². The average molecular weight is 395 g/mol. The van der Waals surface area contributed by atoms with Crippen molar-refractivity contribution >= 4 is 54.6 Å². The molecule has 0 aliphatic rings. The van der Waals surface area contributed by atoms with Gasteiger partial charge < -0.3 is 0 Å². The summed E-state index contributed by atoms with van der Waals surface area (Å²) in [6, 6.07) is 9.72. The molecule has 0 saturated carbocycles. The van der Waals surface area contributed by atoms with Crippen LogP contribution in [0.1, 0.15) is 0 Å². The fourth-order valence-corrected chi connectivity index (χ4v) is 3.73. The first-order valence-electron chi connectivity index (χ1n) is 6.12. The maximum Gasteiger partial charge on any atom is 0.261 e. The molecule has 0 saturated heterocycles. The molecule has 0 bridgehead atoms. The molecule has 2 aromatic rings. The number of hydrogen-bond donors (Lipinski definition) is 2. The van der Waals surface area contributed by atoms with E-state index in [4.69, 9.17) is 23.2 Å². The van der Waals surface area contributed by atoms with Gasteiger partial charge in [-0.3, -0.25) is 9.44 Å². The molecule has 0 aliphatic heterocycles. The fraction of sp³-hybridized carbons (Fsp3) is 0.0769. The first-order chi connectivity index (χ1) is 10.6. The molecule has 0 heterocycles. The highest BCUT2D eigenvalue weighted by molar-refractivity contribution is 7.92. The predicted molar refractivity (Wildman–Crippen MR) is 92.2 cm³/mol. The quantitative estimate of drug-likeness (QED) is 0.814. The lowest BCUT2D eigenvalue weighted by Gasteiger charge is -2.11. The van der Waals surface area contributed by atoms with Crippen LogP contribution in [0.15, 0.2) is 47.4 Å². The number of sulfonamides is 2. The first-order valence-corrected chi connectivity index (χ1v) is 10.3. The molecule has 0 aliphatic carbocycles. The van der Waals surface area contributed by atoms with Gasteiger partial charge in [0.1, 0.15) is 0 Å². The van der Waals surface area contributed by atoms with Crippen LogP contribution in [0.2, 0.25) is 10.0 Å². The third-order valence-electron chi connectivity index (χ3n) is 2.64. The second kappa shape index (κ2) is 6.56. The summed E-state index contributed by atoms with van der Waals surface area (Å²) in [5.74, 6) is 0. The maximum atomic E-state index is 12.2. The summed E-state index contributed by atoms with van der Waals surface area (Å²) in [6.07, 6.45) is 0.987. The predicted octanol–water partition coefficient (Wildman–Crippen LogP) is 3.17. The summed E-state index contributed by atoms with van der Waals surface area (Å²) in [6.45, 7) is 0. The van der Waals surface area contributed by atoms with Crippen molar-refractivity contribution in [2.24, 2.45) is 0 Å². The van der Waals surface area contributed by atoms with Gasteiger partial charge in [0, 0.05) is 5.02 Å². The van der Waals surface area contributed by atoms with E-state index in [2.05, 4.69) is 9.44 Å². The molecule has 0 spiro atoms. The van der Waals surface area contributed by atoms with Crippen molar-refractivity contribution in [3.63, 3.8) is 0 Å².